The van der Waals surface area contributed by atoms with Gasteiger partial charge in [0.25, 0.3) is 0 Å². The first-order chi connectivity index (χ1) is 18.8. The highest BCUT2D eigenvalue weighted by Gasteiger charge is 2.24. The molecule has 0 aromatic carbocycles. The lowest BCUT2D eigenvalue weighted by molar-refractivity contribution is 0.135. The highest BCUT2D eigenvalue weighted by atomic mass is 15.4. The molecule has 0 radical (unpaired) electrons. The smallest absolute Gasteiger partial charge is 0.101 e. The van der Waals surface area contributed by atoms with Crippen LogP contribution in [0.15, 0.2) is 12.4 Å². The number of nitrogens with zero attached hydrogens (tertiary/aromatic N) is 2. The number of hydrogen-bond acceptors (Lipinski definition) is 2. The first-order valence-electron chi connectivity index (χ1n) is 18.0. The van der Waals surface area contributed by atoms with Gasteiger partial charge in [-0.1, -0.05) is 175 Å². The van der Waals surface area contributed by atoms with Crippen LogP contribution >= 0.6 is 0 Å². The molecular weight excluding hydrogens is 460 g/mol. The van der Waals surface area contributed by atoms with Crippen molar-refractivity contribution in [2.75, 3.05) is 13.1 Å². The molecule has 0 fully saturated rings. The Hall–Kier alpha value is -0.660. The first kappa shape index (κ1) is 35.4. The van der Waals surface area contributed by atoms with Crippen LogP contribution in [0.1, 0.15) is 201 Å². The Morgan fingerprint density at radius 2 is 0.605 bits per heavy atom. The van der Waals surface area contributed by atoms with Gasteiger partial charge in [0, 0.05) is 25.5 Å². The van der Waals surface area contributed by atoms with E-state index in [1.54, 1.807) is 0 Å². The molecule has 1 aliphatic rings. The van der Waals surface area contributed by atoms with Crippen molar-refractivity contribution in [3.63, 3.8) is 0 Å². The first-order valence-corrected chi connectivity index (χ1v) is 18.0. The predicted octanol–water partition coefficient (Wildman–Crippen LogP) is 12.4. The summed E-state index contributed by atoms with van der Waals surface area (Å²) in [6.07, 6.45) is 45.5. The number of rotatable bonds is 30. The van der Waals surface area contributed by atoms with Gasteiger partial charge < -0.3 is 9.80 Å². The van der Waals surface area contributed by atoms with Gasteiger partial charge in [-0.25, -0.2) is 0 Å². The third-order valence-electron chi connectivity index (χ3n) is 8.82. The van der Waals surface area contributed by atoms with Crippen molar-refractivity contribution >= 4 is 0 Å². The van der Waals surface area contributed by atoms with Crippen molar-refractivity contribution < 1.29 is 0 Å². The van der Waals surface area contributed by atoms with Crippen LogP contribution in [0.3, 0.4) is 0 Å². The molecule has 0 aromatic rings. The fraction of sp³-hybridized carbons (Fsp3) is 0.944. The van der Waals surface area contributed by atoms with Crippen molar-refractivity contribution in [3.05, 3.63) is 12.4 Å². The summed E-state index contributed by atoms with van der Waals surface area (Å²) in [6, 6.07) is 0. The second kappa shape index (κ2) is 27.9. The molecule has 0 aromatic heterocycles. The second-order valence-corrected chi connectivity index (χ2v) is 12.5. The van der Waals surface area contributed by atoms with Gasteiger partial charge in [-0.2, -0.15) is 0 Å². The van der Waals surface area contributed by atoms with E-state index in [9.17, 15) is 0 Å². The Morgan fingerprint density at radius 1 is 0.342 bits per heavy atom. The summed E-state index contributed by atoms with van der Waals surface area (Å²) < 4.78 is 0. The molecule has 0 saturated carbocycles. The SMILES string of the molecule is CCCCCCCCCCCCCCCCC1N(CCCCCCC)C=CN1CCCCCCCCCC. The fourth-order valence-electron chi connectivity index (χ4n) is 6.19. The Bertz CT molecular complexity index is 488. The average molecular weight is 533 g/mol. The Labute approximate surface area is 241 Å². The molecular formula is C36H72N2. The van der Waals surface area contributed by atoms with Gasteiger partial charge in [0.15, 0.2) is 0 Å². The molecule has 1 heterocycles. The van der Waals surface area contributed by atoms with E-state index in [2.05, 4.69) is 43.0 Å². The summed E-state index contributed by atoms with van der Waals surface area (Å²) in [7, 11) is 0. The Morgan fingerprint density at radius 3 is 0.921 bits per heavy atom. The van der Waals surface area contributed by atoms with Crippen molar-refractivity contribution in [3.8, 4) is 0 Å². The molecule has 38 heavy (non-hydrogen) atoms. The standard InChI is InChI=1S/C36H72N2/c1-4-7-10-13-15-17-18-19-20-21-22-23-25-28-31-36-37(32-29-26-12-9-6-3)34-35-38(36)33-30-27-24-16-14-11-8-5-2/h34-36H,4-33H2,1-3H3. The van der Waals surface area contributed by atoms with E-state index in [0.29, 0.717) is 6.17 Å². The minimum atomic E-state index is 0.642. The van der Waals surface area contributed by atoms with E-state index in [4.69, 9.17) is 0 Å². The maximum absolute atomic E-state index is 2.70. The van der Waals surface area contributed by atoms with Crippen molar-refractivity contribution in [2.45, 2.75) is 207 Å². The fourth-order valence-corrected chi connectivity index (χ4v) is 6.19. The summed E-state index contributed by atoms with van der Waals surface area (Å²) in [4.78, 5) is 5.39. The monoisotopic (exact) mass is 533 g/mol. The lowest BCUT2D eigenvalue weighted by atomic mass is 10.0. The maximum Gasteiger partial charge on any atom is 0.101 e. The van der Waals surface area contributed by atoms with Crippen LogP contribution < -0.4 is 0 Å². The highest BCUT2D eigenvalue weighted by Crippen LogP contribution is 2.24. The van der Waals surface area contributed by atoms with E-state index in [0.717, 1.165) is 0 Å². The van der Waals surface area contributed by atoms with Gasteiger partial charge in [0.05, 0.1) is 0 Å². The van der Waals surface area contributed by atoms with Crippen molar-refractivity contribution in [1.29, 1.82) is 0 Å². The lowest BCUT2D eigenvalue weighted by Gasteiger charge is -2.33. The second-order valence-electron chi connectivity index (χ2n) is 12.5. The molecule has 1 aliphatic heterocycles. The minimum Gasteiger partial charge on any atom is -0.356 e. The molecule has 2 nitrogen and oxygen atoms in total. The van der Waals surface area contributed by atoms with E-state index >= 15 is 0 Å². The van der Waals surface area contributed by atoms with E-state index in [1.807, 2.05) is 0 Å². The van der Waals surface area contributed by atoms with Crippen LogP contribution in [-0.4, -0.2) is 29.1 Å². The van der Waals surface area contributed by atoms with Gasteiger partial charge in [0.2, 0.25) is 0 Å². The zero-order valence-corrected chi connectivity index (χ0v) is 26.8. The van der Waals surface area contributed by atoms with Crippen LogP contribution in [-0.2, 0) is 0 Å². The van der Waals surface area contributed by atoms with Gasteiger partial charge in [-0.05, 0) is 25.7 Å². The van der Waals surface area contributed by atoms with Crippen LogP contribution in [0.4, 0.5) is 0 Å². The molecule has 1 rings (SSSR count). The summed E-state index contributed by atoms with van der Waals surface area (Å²) in [5.41, 5.74) is 0. The zero-order valence-electron chi connectivity index (χ0n) is 26.8. The molecule has 0 saturated heterocycles. The maximum atomic E-state index is 2.70. The number of hydrogen-bond donors (Lipinski definition) is 0. The summed E-state index contributed by atoms with van der Waals surface area (Å²) in [5, 5.41) is 0. The minimum absolute atomic E-state index is 0.642. The number of unbranched alkanes of at least 4 members (excludes halogenated alkanes) is 24. The molecule has 0 bridgehead atoms. The third kappa shape index (κ3) is 20.3. The van der Waals surface area contributed by atoms with Crippen LogP contribution in [0.25, 0.3) is 0 Å². The Kier molecular flexibility index (Phi) is 26.0. The third-order valence-corrected chi connectivity index (χ3v) is 8.82. The molecule has 1 unspecified atom stereocenters. The Balaban J connectivity index is 2.17. The summed E-state index contributed by atoms with van der Waals surface area (Å²) >= 11 is 0. The van der Waals surface area contributed by atoms with Gasteiger partial charge >= 0.3 is 0 Å². The van der Waals surface area contributed by atoms with Crippen LogP contribution in [0.5, 0.6) is 0 Å². The van der Waals surface area contributed by atoms with Crippen LogP contribution in [0, 0.1) is 0 Å². The van der Waals surface area contributed by atoms with Crippen molar-refractivity contribution in [2.24, 2.45) is 0 Å². The average Bonchev–Trinajstić information content (AvgIpc) is 3.31. The molecule has 1 atom stereocenters. The van der Waals surface area contributed by atoms with E-state index < -0.39 is 0 Å². The summed E-state index contributed by atoms with van der Waals surface area (Å²) in [5.74, 6) is 0. The van der Waals surface area contributed by atoms with Crippen LogP contribution in [0.2, 0.25) is 0 Å². The van der Waals surface area contributed by atoms with Crippen molar-refractivity contribution in [1.82, 2.24) is 9.80 Å². The molecule has 0 spiro atoms. The van der Waals surface area contributed by atoms with Gasteiger partial charge in [-0.15, -0.1) is 0 Å². The topological polar surface area (TPSA) is 6.48 Å². The predicted molar refractivity (Wildman–Crippen MR) is 173 cm³/mol. The van der Waals surface area contributed by atoms with Gasteiger partial charge in [0.1, 0.15) is 6.17 Å². The van der Waals surface area contributed by atoms with E-state index in [-0.39, 0.29) is 0 Å². The van der Waals surface area contributed by atoms with Gasteiger partial charge in [-0.3, -0.25) is 0 Å². The zero-order chi connectivity index (χ0) is 27.4. The molecule has 0 N–H and O–H groups in total. The quantitative estimate of drug-likeness (QED) is 0.0848. The van der Waals surface area contributed by atoms with E-state index in [1.165, 1.54) is 193 Å². The molecule has 226 valence electrons. The lowest BCUT2D eigenvalue weighted by Crippen LogP contribution is -2.39. The molecule has 0 amide bonds. The highest BCUT2D eigenvalue weighted by molar-refractivity contribution is 4.97. The molecule has 2 heteroatoms. The largest absolute Gasteiger partial charge is 0.356 e. The summed E-state index contributed by atoms with van der Waals surface area (Å²) in [6.45, 7) is 9.47. The normalized spacial score (nSPS) is 15.3. The molecule has 0 aliphatic carbocycles.